The molecule has 1 N–H and O–H groups in total. The van der Waals surface area contributed by atoms with Crippen molar-refractivity contribution in [1.29, 1.82) is 0 Å². The summed E-state index contributed by atoms with van der Waals surface area (Å²) >= 11 is 0. The van der Waals surface area contributed by atoms with E-state index in [1.807, 2.05) is 45.3 Å². The Morgan fingerprint density at radius 3 is 3.04 bits per heavy atom. The van der Waals surface area contributed by atoms with Crippen molar-refractivity contribution in [3.63, 3.8) is 0 Å². The Bertz CT molecular complexity index is 522. The third kappa shape index (κ3) is 6.86. The summed E-state index contributed by atoms with van der Waals surface area (Å²) in [6.07, 6.45) is 0.172. The lowest BCUT2D eigenvalue weighted by atomic mass is 10.2. The molecule has 1 heterocycles. The van der Waals surface area contributed by atoms with E-state index in [9.17, 15) is 4.79 Å². The van der Waals surface area contributed by atoms with Crippen LogP contribution in [0.3, 0.4) is 0 Å². The third-order valence-electron chi connectivity index (χ3n) is 3.84. The minimum Gasteiger partial charge on any atom is -0.492 e. The summed E-state index contributed by atoms with van der Waals surface area (Å²) in [5.41, 5.74) is 1.16. The predicted molar refractivity (Wildman–Crippen MR) is 94.4 cm³/mol. The van der Waals surface area contributed by atoms with Crippen molar-refractivity contribution in [2.45, 2.75) is 13.0 Å². The predicted octanol–water partition coefficient (Wildman–Crippen LogP) is 0.752. The number of benzene rings is 1. The fraction of sp³-hybridized carbons (Fsp3) is 0.611. The van der Waals surface area contributed by atoms with Gasteiger partial charge in [-0.1, -0.05) is 12.1 Å². The van der Waals surface area contributed by atoms with Gasteiger partial charge in [0.15, 0.2) is 0 Å². The van der Waals surface area contributed by atoms with Gasteiger partial charge in [0.1, 0.15) is 12.4 Å². The van der Waals surface area contributed by atoms with Crippen molar-refractivity contribution in [2.24, 2.45) is 0 Å². The molecule has 6 nitrogen and oxygen atoms in total. The maximum atomic E-state index is 12.0. The van der Waals surface area contributed by atoms with Gasteiger partial charge in [-0.05, 0) is 38.7 Å². The molecule has 0 aromatic heterocycles. The fourth-order valence-electron chi connectivity index (χ4n) is 2.77. The molecule has 24 heavy (non-hydrogen) atoms. The topological polar surface area (TPSA) is 54.0 Å². The van der Waals surface area contributed by atoms with Gasteiger partial charge >= 0.3 is 0 Å². The molecular weight excluding hydrogens is 306 g/mol. The van der Waals surface area contributed by atoms with Gasteiger partial charge in [0, 0.05) is 19.6 Å². The Labute approximate surface area is 144 Å². The lowest BCUT2D eigenvalue weighted by molar-refractivity contribution is -0.124. The molecule has 1 fully saturated rings. The van der Waals surface area contributed by atoms with E-state index in [1.54, 1.807) is 0 Å². The first-order chi connectivity index (χ1) is 11.5. The van der Waals surface area contributed by atoms with Crippen LogP contribution in [-0.4, -0.2) is 81.8 Å². The molecule has 0 unspecified atom stereocenters. The summed E-state index contributed by atoms with van der Waals surface area (Å²) in [5, 5.41) is 2.91. The molecule has 0 saturated carbocycles. The monoisotopic (exact) mass is 335 g/mol. The van der Waals surface area contributed by atoms with Crippen LogP contribution in [0.1, 0.15) is 5.56 Å². The molecule has 2 rings (SSSR count). The van der Waals surface area contributed by atoms with Crippen LogP contribution in [0.4, 0.5) is 0 Å². The number of likely N-dealkylation sites (N-methyl/N-ethyl adjacent to an activating group) is 1. The van der Waals surface area contributed by atoms with Gasteiger partial charge in [-0.15, -0.1) is 0 Å². The first-order valence-corrected chi connectivity index (χ1v) is 8.48. The van der Waals surface area contributed by atoms with Crippen LogP contribution in [0.5, 0.6) is 5.75 Å². The van der Waals surface area contributed by atoms with E-state index < -0.39 is 0 Å². The zero-order valence-electron chi connectivity index (χ0n) is 15.0. The second kappa shape index (κ2) is 9.61. The number of hydrogen-bond acceptors (Lipinski definition) is 5. The largest absolute Gasteiger partial charge is 0.492 e. The summed E-state index contributed by atoms with van der Waals surface area (Å²) in [4.78, 5) is 16.3. The van der Waals surface area contributed by atoms with E-state index >= 15 is 0 Å². The Kier molecular flexibility index (Phi) is 7.49. The number of hydrogen-bond donors (Lipinski definition) is 1. The summed E-state index contributed by atoms with van der Waals surface area (Å²) in [5.74, 6) is 0.873. The van der Waals surface area contributed by atoms with Crippen molar-refractivity contribution in [1.82, 2.24) is 15.1 Å². The van der Waals surface area contributed by atoms with Crippen molar-refractivity contribution < 1.29 is 14.3 Å². The van der Waals surface area contributed by atoms with E-state index in [4.69, 9.17) is 9.47 Å². The number of ether oxygens (including phenoxy) is 2. The lowest BCUT2D eigenvalue weighted by Gasteiger charge is -2.33. The first-order valence-electron chi connectivity index (χ1n) is 8.48. The van der Waals surface area contributed by atoms with Crippen LogP contribution in [0, 0.1) is 6.92 Å². The molecule has 1 saturated heterocycles. The van der Waals surface area contributed by atoms with Crippen LogP contribution in [0.15, 0.2) is 24.3 Å². The Balaban J connectivity index is 1.62. The number of carbonyl (C=O) groups excluding carboxylic acids is 1. The number of amides is 1. The van der Waals surface area contributed by atoms with Gasteiger partial charge in [0.2, 0.25) is 5.91 Å². The quantitative estimate of drug-likeness (QED) is 0.711. The van der Waals surface area contributed by atoms with Crippen molar-refractivity contribution in [2.75, 3.05) is 60.0 Å². The van der Waals surface area contributed by atoms with Gasteiger partial charge in [-0.25, -0.2) is 0 Å². The molecule has 1 atom stereocenters. The molecule has 0 aliphatic carbocycles. The summed E-state index contributed by atoms with van der Waals surface area (Å²) in [6.45, 7) is 6.59. The molecule has 1 aromatic rings. The normalized spacial score (nSPS) is 18.6. The van der Waals surface area contributed by atoms with Crippen molar-refractivity contribution >= 4 is 5.91 Å². The number of morpholine rings is 1. The Morgan fingerprint density at radius 2 is 2.29 bits per heavy atom. The smallest absolute Gasteiger partial charge is 0.234 e. The molecular formula is C18H29N3O3. The maximum Gasteiger partial charge on any atom is 0.234 e. The van der Waals surface area contributed by atoms with Crippen molar-refractivity contribution in [3.05, 3.63) is 29.8 Å². The van der Waals surface area contributed by atoms with Gasteiger partial charge < -0.3 is 19.7 Å². The molecule has 0 bridgehead atoms. The second-order valence-corrected chi connectivity index (χ2v) is 6.51. The summed E-state index contributed by atoms with van der Waals surface area (Å²) in [6, 6.07) is 7.90. The molecule has 0 radical (unpaired) electrons. The van der Waals surface area contributed by atoms with Crippen molar-refractivity contribution in [3.8, 4) is 5.75 Å². The molecule has 1 aliphatic rings. The molecule has 1 aliphatic heterocycles. The Hall–Kier alpha value is -1.63. The van der Waals surface area contributed by atoms with E-state index in [1.165, 1.54) is 0 Å². The summed E-state index contributed by atoms with van der Waals surface area (Å²) in [7, 11) is 4.06. The maximum absolute atomic E-state index is 12.0. The number of nitrogens with zero attached hydrogens (tertiary/aromatic N) is 2. The highest BCUT2D eigenvalue weighted by Crippen LogP contribution is 2.11. The average molecular weight is 335 g/mol. The van der Waals surface area contributed by atoms with E-state index in [0.29, 0.717) is 26.3 Å². The zero-order chi connectivity index (χ0) is 17.4. The number of rotatable bonds is 8. The van der Waals surface area contributed by atoms with Gasteiger partial charge in [0.25, 0.3) is 0 Å². The van der Waals surface area contributed by atoms with E-state index in [-0.39, 0.29) is 12.0 Å². The zero-order valence-corrected chi connectivity index (χ0v) is 15.0. The number of carbonyl (C=O) groups is 1. The highest BCUT2D eigenvalue weighted by Gasteiger charge is 2.22. The van der Waals surface area contributed by atoms with Gasteiger partial charge in [-0.3, -0.25) is 9.69 Å². The third-order valence-corrected chi connectivity index (χ3v) is 3.84. The highest BCUT2D eigenvalue weighted by atomic mass is 16.5. The number of nitrogens with one attached hydrogen (secondary N) is 1. The van der Waals surface area contributed by atoms with Gasteiger partial charge in [-0.2, -0.15) is 0 Å². The SMILES string of the molecule is Cc1cccc(OCCNC(=O)CN2CCO[C@H](CN(C)C)C2)c1. The molecule has 6 heteroatoms. The van der Waals surface area contributed by atoms with Gasteiger partial charge in [0.05, 0.1) is 25.8 Å². The average Bonchev–Trinajstić information content (AvgIpc) is 2.51. The second-order valence-electron chi connectivity index (χ2n) is 6.51. The Morgan fingerprint density at radius 1 is 1.46 bits per heavy atom. The highest BCUT2D eigenvalue weighted by molar-refractivity contribution is 5.78. The molecule has 1 amide bonds. The van der Waals surface area contributed by atoms with E-state index in [2.05, 4.69) is 15.1 Å². The van der Waals surface area contributed by atoms with Crippen LogP contribution in [-0.2, 0) is 9.53 Å². The fourth-order valence-corrected chi connectivity index (χ4v) is 2.77. The standard InChI is InChI=1S/C18H29N3O3/c1-15-5-4-6-16(11-15)23-9-7-19-18(22)14-21-8-10-24-17(13-21)12-20(2)3/h4-6,11,17H,7-10,12-14H2,1-3H3,(H,19,22)/t17-/m1/s1. The number of aryl methyl sites for hydroxylation is 1. The molecule has 0 spiro atoms. The van der Waals surface area contributed by atoms with E-state index in [0.717, 1.165) is 30.9 Å². The molecule has 1 aromatic carbocycles. The minimum atomic E-state index is 0.0355. The van der Waals surface area contributed by atoms with Crippen LogP contribution in [0.2, 0.25) is 0 Å². The van der Waals surface area contributed by atoms with Crippen LogP contribution < -0.4 is 10.1 Å². The molecule has 134 valence electrons. The first kappa shape index (κ1) is 18.7. The lowest BCUT2D eigenvalue weighted by Crippen LogP contribution is -2.49. The van der Waals surface area contributed by atoms with Crippen LogP contribution in [0.25, 0.3) is 0 Å². The minimum absolute atomic E-state index is 0.0355. The summed E-state index contributed by atoms with van der Waals surface area (Å²) < 4.78 is 11.4. The van der Waals surface area contributed by atoms with Crippen LogP contribution >= 0.6 is 0 Å².